The molecule has 9 aromatic rings. The second kappa shape index (κ2) is 12.5. The molecule has 0 saturated carbocycles. The summed E-state index contributed by atoms with van der Waals surface area (Å²) < 4.78 is 13.8. The third-order valence-electron chi connectivity index (χ3n) is 11.2. The number of hydrogen-bond donors (Lipinski definition) is 0. The van der Waals surface area contributed by atoms with Crippen molar-refractivity contribution < 1.29 is 9.47 Å². The van der Waals surface area contributed by atoms with Crippen LogP contribution in [0.5, 0.6) is 23.0 Å². The molecule has 0 fully saturated rings. The van der Waals surface area contributed by atoms with E-state index < -0.39 is 5.41 Å². The molecule has 3 aliphatic rings. The normalized spacial score (nSPS) is 15.2. The summed E-state index contributed by atoms with van der Waals surface area (Å²) in [5, 5.41) is 0. The van der Waals surface area contributed by atoms with Gasteiger partial charge in [0.05, 0.1) is 39.6 Å². The lowest BCUT2D eigenvalue weighted by Gasteiger charge is -2.41. The number of anilines is 3. The van der Waals surface area contributed by atoms with Gasteiger partial charge in [-0.2, -0.15) is 0 Å². The maximum Gasteiger partial charge on any atom is 0.194 e. The van der Waals surface area contributed by atoms with Crippen LogP contribution in [0, 0.1) is 0 Å². The van der Waals surface area contributed by atoms with E-state index in [2.05, 4.69) is 69.5 Å². The molecule has 5 aromatic heterocycles. The van der Waals surface area contributed by atoms with Crippen LogP contribution in [0.3, 0.4) is 0 Å². The highest BCUT2D eigenvalue weighted by Crippen LogP contribution is 2.65. The minimum Gasteiger partial charge on any atom is -0.453 e. The zero-order valence-electron chi connectivity index (χ0n) is 30.7. The molecule has 1 aliphatic carbocycles. The van der Waals surface area contributed by atoms with Gasteiger partial charge in [0, 0.05) is 58.9 Å². The van der Waals surface area contributed by atoms with Gasteiger partial charge < -0.3 is 14.4 Å². The molecule has 272 valence electrons. The maximum absolute atomic E-state index is 6.97. The smallest absolute Gasteiger partial charge is 0.194 e. The summed E-state index contributed by atoms with van der Waals surface area (Å²) in [6.07, 6.45) is 8.89. The standard InChI is InChI=1S/C49H29N7O2/c1-2-9-32(10-3-1)56-40-13-5-7-15-43(40)58-47-41(56)19-17-36-46(47)57-42-14-6-4-11-33(42)49(36)34-12-8-24-52-44(34)45-35(49)16-18-37(53-45)48-54-38(30-20-25-50-26-21-30)29-39(55-48)31-22-27-51-28-23-31/h1-29H. The highest BCUT2D eigenvalue weighted by molar-refractivity contribution is 5.92. The second-order valence-corrected chi connectivity index (χ2v) is 14.3. The topological polar surface area (TPSA) is 99.0 Å². The molecule has 0 radical (unpaired) electrons. The molecule has 7 heterocycles. The number of fused-ring (bicyclic) bond motifs is 12. The summed E-state index contributed by atoms with van der Waals surface area (Å²) in [4.78, 5) is 31.3. The van der Waals surface area contributed by atoms with Gasteiger partial charge >= 0.3 is 0 Å². The van der Waals surface area contributed by atoms with Crippen LogP contribution in [0.25, 0.3) is 45.4 Å². The first-order chi connectivity index (χ1) is 28.8. The number of rotatable bonds is 4. The summed E-state index contributed by atoms with van der Waals surface area (Å²) in [6, 6.07) is 49.1. The van der Waals surface area contributed by atoms with Crippen molar-refractivity contribution in [2.24, 2.45) is 0 Å². The Kier molecular flexibility index (Phi) is 6.94. The maximum atomic E-state index is 6.97. The van der Waals surface area contributed by atoms with Gasteiger partial charge in [-0.05, 0) is 90.0 Å². The zero-order valence-corrected chi connectivity index (χ0v) is 30.7. The van der Waals surface area contributed by atoms with E-state index in [9.17, 15) is 0 Å². The number of para-hydroxylation sites is 4. The summed E-state index contributed by atoms with van der Waals surface area (Å²) >= 11 is 0. The van der Waals surface area contributed by atoms with Crippen molar-refractivity contribution in [3.8, 4) is 68.4 Å². The molecule has 0 N–H and O–H groups in total. The summed E-state index contributed by atoms with van der Waals surface area (Å²) in [6.45, 7) is 0. The highest BCUT2D eigenvalue weighted by Gasteiger charge is 2.54. The minimum atomic E-state index is -0.830. The SMILES string of the molecule is c1ccc(N2c3ccccc3Oc3c2ccc2c3Oc3ccccc3C23c2cccnc2-c2nc(-c4nc(-c5ccncc5)cc(-c5ccncc5)n4)ccc23)cc1. The summed E-state index contributed by atoms with van der Waals surface area (Å²) in [5.74, 6) is 3.26. The van der Waals surface area contributed by atoms with E-state index in [-0.39, 0.29) is 0 Å². The van der Waals surface area contributed by atoms with Crippen molar-refractivity contribution in [2.75, 3.05) is 4.90 Å². The Morgan fingerprint density at radius 3 is 1.84 bits per heavy atom. The summed E-state index contributed by atoms with van der Waals surface area (Å²) in [5.41, 5.74) is 11.5. The molecule has 1 unspecified atom stereocenters. The Morgan fingerprint density at radius 2 is 1.07 bits per heavy atom. The van der Waals surface area contributed by atoms with Gasteiger partial charge in [0.15, 0.2) is 23.1 Å². The molecule has 12 rings (SSSR count). The van der Waals surface area contributed by atoms with E-state index in [1.54, 1.807) is 24.8 Å². The fraction of sp³-hybridized carbons (Fsp3) is 0.0204. The van der Waals surface area contributed by atoms with E-state index in [0.29, 0.717) is 23.0 Å². The van der Waals surface area contributed by atoms with Crippen LogP contribution in [0.15, 0.2) is 177 Å². The van der Waals surface area contributed by atoms with E-state index >= 15 is 0 Å². The Morgan fingerprint density at radius 1 is 0.431 bits per heavy atom. The van der Waals surface area contributed by atoms with Crippen LogP contribution in [-0.4, -0.2) is 29.9 Å². The number of ether oxygens (including phenoxy) is 2. The third kappa shape index (κ3) is 4.64. The molecule has 4 aromatic carbocycles. The first-order valence-electron chi connectivity index (χ1n) is 19.0. The van der Waals surface area contributed by atoms with Crippen molar-refractivity contribution in [2.45, 2.75) is 5.41 Å². The van der Waals surface area contributed by atoms with Crippen LogP contribution >= 0.6 is 0 Å². The first kappa shape index (κ1) is 32.2. The number of benzene rings is 4. The van der Waals surface area contributed by atoms with Crippen molar-refractivity contribution in [1.29, 1.82) is 0 Å². The highest BCUT2D eigenvalue weighted by atomic mass is 16.5. The largest absolute Gasteiger partial charge is 0.453 e. The van der Waals surface area contributed by atoms with Crippen LogP contribution in [0.4, 0.5) is 17.1 Å². The van der Waals surface area contributed by atoms with E-state index in [0.717, 1.165) is 84.7 Å². The molecular formula is C49H29N7O2. The van der Waals surface area contributed by atoms with Gasteiger partial charge in [-0.15, -0.1) is 0 Å². The molecule has 9 nitrogen and oxygen atoms in total. The number of pyridine rings is 4. The van der Waals surface area contributed by atoms with E-state index in [1.165, 1.54) is 0 Å². The molecule has 2 aliphatic heterocycles. The third-order valence-corrected chi connectivity index (χ3v) is 11.2. The van der Waals surface area contributed by atoms with Gasteiger partial charge in [0.2, 0.25) is 0 Å². The molecular weight excluding hydrogens is 719 g/mol. The van der Waals surface area contributed by atoms with Crippen LogP contribution in [0.2, 0.25) is 0 Å². The van der Waals surface area contributed by atoms with Crippen molar-refractivity contribution in [1.82, 2.24) is 29.9 Å². The minimum absolute atomic E-state index is 0.497. The number of aromatic nitrogens is 6. The van der Waals surface area contributed by atoms with Crippen molar-refractivity contribution in [3.63, 3.8) is 0 Å². The molecule has 0 bridgehead atoms. The Bertz CT molecular complexity index is 3030. The quantitative estimate of drug-likeness (QED) is 0.174. The lowest BCUT2D eigenvalue weighted by molar-refractivity contribution is 0.391. The molecule has 1 atom stereocenters. The number of nitrogens with zero attached hydrogens (tertiary/aromatic N) is 7. The van der Waals surface area contributed by atoms with Gasteiger partial charge in [-0.1, -0.05) is 66.7 Å². The second-order valence-electron chi connectivity index (χ2n) is 14.3. The molecule has 0 saturated heterocycles. The Hall–Kier alpha value is -8.04. The van der Waals surface area contributed by atoms with Crippen molar-refractivity contribution >= 4 is 17.1 Å². The molecule has 9 heteroatoms. The van der Waals surface area contributed by atoms with Gasteiger partial charge in [0.1, 0.15) is 11.4 Å². The average Bonchev–Trinajstić information content (AvgIpc) is 3.59. The fourth-order valence-corrected chi connectivity index (χ4v) is 8.76. The Balaban J connectivity index is 1.09. The van der Waals surface area contributed by atoms with Gasteiger partial charge in [0.25, 0.3) is 0 Å². The average molecular weight is 748 g/mol. The zero-order chi connectivity index (χ0) is 38.2. The molecule has 1 spiro atoms. The predicted molar refractivity (Wildman–Crippen MR) is 222 cm³/mol. The van der Waals surface area contributed by atoms with Gasteiger partial charge in [-0.25, -0.2) is 15.0 Å². The lowest BCUT2D eigenvalue weighted by atomic mass is 9.66. The van der Waals surface area contributed by atoms with Crippen LogP contribution < -0.4 is 14.4 Å². The van der Waals surface area contributed by atoms with E-state index in [4.69, 9.17) is 29.4 Å². The summed E-state index contributed by atoms with van der Waals surface area (Å²) in [7, 11) is 0. The molecule has 0 amide bonds. The van der Waals surface area contributed by atoms with Crippen LogP contribution in [0.1, 0.15) is 22.3 Å². The van der Waals surface area contributed by atoms with E-state index in [1.807, 2.05) is 97.2 Å². The van der Waals surface area contributed by atoms with Crippen LogP contribution in [-0.2, 0) is 5.41 Å². The monoisotopic (exact) mass is 747 g/mol. The Labute approximate surface area is 333 Å². The fourth-order valence-electron chi connectivity index (χ4n) is 8.76. The first-order valence-corrected chi connectivity index (χ1v) is 19.0. The van der Waals surface area contributed by atoms with Gasteiger partial charge in [-0.3, -0.25) is 15.0 Å². The lowest BCUT2D eigenvalue weighted by Crippen LogP contribution is -2.33. The van der Waals surface area contributed by atoms with Crippen molar-refractivity contribution in [3.05, 3.63) is 199 Å². The molecule has 58 heavy (non-hydrogen) atoms. The predicted octanol–water partition coefficient (Wildman–Crippen LogP) is 11.1. The number of hydrogen-bond acceptors (Lipinski definition) is 9.